The molecule has 21 heavy (non-hydrogen) atoms. The number of nitrogens with one attached hydrogen (secondary N) is 2. The molecule has 0 saturated carbocycles. The van der Waals surface area contributed by atoms with Crippen LogP contribution >= 0.6 is 38.9 Å². The van der Waals surface area contributed by atoms with E-state index in [4.69, 9.17) is 16.3 Å². The predicted molar refractivity (Wildman–Crippen MR) is 88.4 cm³/mol. The third-order valence-corrected chi connectivity index (χ3v) is 3.89. The highest BCUT2D eigenvalue weighted by atomic mass is 79.9. The van der Waals surface area contributed by atoms with Crippen LogP contribution in [0.1, 0.15) is 6.42 Å². The molecule has 2 N–H and O–H groups in total. The SMILES string of the molecule is O=C(NCCCOc1ccc(Br)cc1Cl)Nc1nccs1. The Kier molecular flexibility index (Phi) is 6.28. The van der Waals surface area contributed by atoms with E-state index in [9.17, 15) is 4.79 Å². The quantitative estimate of drug-likeness (QED) is 0.728. The normalized spacial score (nSPS) is 10.2. The van der Waals surface area contributed by atoms with Gasteiger partial charge in [0.2, 0.25) is 0 Å². The summed E-state index contributed by atoms with van der Waals surface area (Å²) in [6, 6.07) is 5.17. The molecule has 0 spiro atoms. The average molecular weight is 391 g/mol. The number of nitrogens with zero attached hydrogens (tertiary/aromatic N) is 1. The van der Waals surface area contributed by atoms with Crippen LogP contribution in [0.4, 0.5) is 9.93 Å². The van der Waals surface area contributed by atoms with E-state index in [2.05, 4.69) is 31.5 Å². The van der Waals surface area contributed by atoms with Crippen LogP contribution in [0.3, 0.4) is 0 Å². The number of ether oxygens (including phenoxy) is 1. The Hall–Kier alpha value is -1.31. The van der Waals surface area contributed by atoms with Crippen LogP contribution in [0.15, 0.2) is 34.2 Å². The highest BCUT2D eigenvalue weighted by molar-refractivity contribution is 9.10. The molecular weight excluding hydrogens is 378 g/mol. The summed E-state index contributed by atoms with van der Waals surface area (Å²) in [4.78, 5) is 15.5. The van der Waals surface area contributed by atoms with Gasteiger partial charge in [0.25, 0.3) is 0 Å². The van der Waals surface area contributed by atoms with E-state index < -0.39 is 0 Å². The minimum atomic E-state index is -0.272. The number of carbonyl (C=O) groups is 1. The second kappa shape index (κ2) is 8.21. The number of hydrogen-bond acceptors (Lipinski definition) is 4. The molecule has 0 fully saturated rings. The van der Waals surface area contributed by atoms with Crippen molar-refractivity contribution in [2.45, 2.75) is 6.42 Å². The van der Waals surface area contributed by atoms with Crippen LogP contribution < -0.4 is 15.4 Å². The lowest BCUT2D eigenvalue weighted by Gasteiger charge is -2.09. The first-order valence-corrected chi connectivity index (χ1v) is 8.22. The van der Waals surface area contributed by atoms with Crippen molar-refractivity contribution in [1.29, 1.82) is 0 Å². The number of halogens is 2. The van der Waals surface area contributed by atoms with Crippen LogP contribution in [0.25, 0.3) is 0 Å². The molecule has 8 heteroatoms. The highest BCUT2D eigenvalue weighted by Gasteiger charge is 2.04. The maximum atomic E-state index is 11.5. The van der Waals surface area contributed by atoms with Crippen LogP contribution in [-0.2, 0) is 0 Å². The Morgan fingerprint density at radius 2 is 2.33 bits per heavy atom. The number of benzene rings is 1. The van der Waals surface area contributed by atoms with Gasteiger partial charge in [-0.25, -0.2) is 9.78 Å². The Morgan fingerprint density at radius 3 is 3.05 bits per heavy atom. The van der Waals surface area contributed by atoms with Crippen molar-refractivity contribution in [2.75, 3.05) is 18.5 Å². The van der Waals surface area contributed by atoms with E-state index >= 15 is 0 Å². The molecule has 0 aliphatic carbocycles. The number of urea groups is 1. The molecule has 2 aromatic rings. The minimum Gasteiger partial charge on any atom is -0.492 e. The monoisotopic (exact) mass is 389 g/mol. The minimum absolute atomic E-state index is 0.272. The first-order valence-electron chi connectivity index (χ1n) is 6.17. The largest absolute Gasteiger partial charge is 0.492 e. The lowest BCUT2D eigenvalue weighted by molar-refractivity contribution is 0.250. The molecule has 1 aromatic heterocycles. The fraction of sp³-hybridized carbons (Fsp3) is 0.231. The molecule has 0 saturated heterocycles. The van der Waals surface area contributed by atoms with E-state index in [1.807, 2.05) is 6.07 Å². The molecular formula is C13H13BrClN3O2S. The third-order valence-electron chi connectivity index (χ3n) is 2.41. The lowest BCUT2D eigenvalue weighted by Crippen LogP contribution is -2.30. The lowest BCUT2D eigenvalue weighted by atomic mass is 10.3. The van der Waals surface area contributed by atoms with Gasteiger partial charge in [0.1, 0.15) is 5.75 Å². The molecule has 1 heterocycles. The standard InChI is InChI=1S/C13H13BrClN3O2S/c14-9-2-3-11(10(15)8-9)20-6-1-4-16-12(19)18-13-17-5-7-21-13/h2-3,5,7-8H,1,4,6H2,(H2,16,17,18,19). The van der Waals surface area contributed by atoms with E-state index in [0.29, 0.717) is 35.5 Å². The fourth-order valence-electron chi connectivity index (χ4n) is 1.47. The second-order valence-corrected chi connectivity index (χ2v) is 6.21. The van der Waals surface area contributed by atoms with Gasteiger partial charge >= 0.3 is 6.03 Å². The molecule has 1 aromatic carbocycles. The van der Waals surface area contributed by atoms with E-state index in [1.54, 1.807) is 23.7 Å². The van der Waals surface area contributed by atoms with Gasteiger partial charge in [-0.2, -0.15) is 0 Å². The molecule has 5 nitrogen and oxygen atoms in total. The van der Waals surface area contributed by atoms with Crippen molar-refractivity contribution in [3.05, 3.63) is 39.3 Å². The molecule has 0 radical (unpaired) electrons. The number of rotatable bonds is 6. The van der Waals surface area contributed by atoms with E-state index in [-0.39, 0.29) is 6.03 Å². The van der Waals surface area contributed by atoms with Gasteiger partial charge in [0, 0.05) is 22.6 Å². The zero-order valence-corrected chi connectivity index (χ0v) is 14.1. The van der Waals surface area contributed by atoms with Gasteiger partial charge in [0.15, 0.2) is 5.13 Å². The molecule has 0 aliphatic rings. The van der Waals surface area contributed by atoms with Gasteiger partial charge in [0.05, 0.1) is 11.6 Å². The average Bonchev–Trinajstić information content (AvgIpc) is 2.93. The van der Waals surface area contributed by atoms with E-state index in [0.717, 1.165) is 4.47 Å². The van der Waals surface area contributed by atoms with Crippen LogP contribution in [-0.4, -0.2) is 24.2 Å². The van der Waals surface area contributed by atoms with Crippen molar-refractivity contribution in [3.63, 3.8) is 0 Å². The first-order chi connectivity index (χ1) is 10.1. The van der Waals surface area contributed by atoms with Crippen molar-refractivity contribution in [1.82, 2.24) is 10.3 Å². The van der Waals surface area contributed by atoms with Crippen molar-refractivity contribution in [2.24, 2.45) is 0 Å². The predicted octanol–water partition coefficient (Wildman–Crippen LogP) is 4.15. The van der Waals surface area contributed by atoms with Crippen LogP contribution in [0, 0.1) is 0 Å². The summed E-state index contributed by atoms with van der Waals surface area (Å²) in [5, 5.41) is 8.29. The van der Waals surface area contributed by atoms with Crippen LogP contribution in [0.2, 0.25) is 5.02 Å². The molecule has 0 bridgehead atoms. The highest BCUT2D eigenvalue weighted by Crippen LogP contribution is 2.27. The van der Waals surface area contributed by atoms with Crippen LogP contribution in [0.5, 0.6) is 5.75 Å². The summed E-state index contributed by atoms with van der Waals surface area (Å²) < 4.78 is 6.45. The number of amides is 2. The number of hydrogen-bond donors (Lipinski definition) is 2. The van der Waals surface area contributed by atoms with Gasteiger partial charge in [-0.1, -0.05) is 27.5 Å². The van der Waals surface area contributed by atoms with E-state index in [1.165, 1.54) is 11.3 Å². The fourth-order valence-corrected chi connectivity index (χ4v) is 2.73. The summed E-state index contributed by atoms with van der Waals surface area (Å²) in [6.07, 6.45) is 2.31. The molecule has 0 aliphatic heterocycles. The summed E-state index contributed by atoms with van der Waals surface area (Å²) in [6.45, 7) is 0.976. The molecule has 0 atom stereocenters. The topological polar surface area (TPSA) is 63.2 Å². The second-order valence-electron chi connectivity index (χ2n) is 3.99. The van der Waals surface area contributed by atoms with Crippen molar-refractivity contribution < 1.29 is 9.53 Å². The number of anilines is 1. The molecule has 0 unspecified atom stereocenters. The molecule has 2 amide bonds. The Balaban J connectivity index is 1.62. The zero-order chi connectivity index (χ0) is 15.1. The van der Waals surface area contributed by atoms with Crippen molar-refractivity contribution in [3.8, 4) is 5.75 Å². The van der Waals surface area contributed by atoms with Gasteiger partial charge < -0.3 is 10.1 Å². The van der Waals surface area contributed by atoms with Gasteiger partial charge in [-0.3, -0.25) is 5.32 Å². The molecule has 112 valence electrons. The summed E-state index contributed by atoms with van der Waals surface area (Å²) in [5.41, 5.74) is 0. The maximum absolute atomic E-state index is 11.5. The zero-order valence-electron chi connectivity index (χ0n) is 10.9. The number of aromatic nitrogens is 1. The number of carbonyl (C=O) groups excluding carboxylic acids is 1. The smallest absolute Gasteiger partial charge is 0.321 e. The van der Waals surface area contributed by atoms with Crippen molar-refractivity contribution >= 4 is 50.0 Å². The number of thiazole rings is 1. The van der Waals surface area contributed by atoms with Gasteiger partial charge in [-0.05, 0) is 24.6 Å². The summed E-state index contributed by atoms with van der Waals surface area (Å²) in [5.74, 6) is 0.632. The third kappa shape index (κ3) is 5.53. The summed E-state index contributed by atoms with van der Waals surface area (Å²) >= 11 is 10.7. The Morgan fingerprint density at radius 1 is 1.48 bits per heavy atom. The molecule has 2 rings (SSSR count). The maximum Gasteiger partial charge on any atom is 0.321 e. The van der Waals surface area contributed by atoms with Gasteiger partial charge in [-0.15, -0.1) is 11.3 Å². The Bertz CT molecular complexity index is 595. The summed E-state index contributed by atoms with van der Waals surface area (Å²) in [7, 11) is 0. The Labute approximate surface area is 139 Å². The first kappa shape index (κ1) is 16.1.